The summed E-state index contributed by atoms with van der Waals surface area (Å²) in [5.74, 6) is 0.773. The van der Waals surface area contributed by atoms with Crippen LogP contribution in [-0.4, -0.2) is 34.8 Å². The molecule has 196 valence electrons. The van der Waals surface area contributed by atoms with E-state index in [1.54, 1.807) is 11.0 Å². The molecule has 0 aromatic heterocycles. The van der Waals surface area contributed by atoms with Gasteiger partial charge in [0.25, 0.3) is 5.91 Å². The zero-order chi connectivity index (χ0) is 26.7. The Morgan fingerprint density at radius 1 is 1.05 bits per heavy atom. The summed E-state index contributed by atoms with van der Waals surface area (Å²) in [5, 5.41) is 3.17. The fraction of sp³-hybridized carbons (Fsp3) is 0.323. The van der Waals surface area contributed by atoms with Crippen molar-refractivity contribution in [1.82, 2.24) is 10.2 Å². The van der Waals surface area contributed by atoms with E-state index in [0.29, 0.717) is 25.0 Å². The molecular weight excluding hydrogens is 476 g/mol. The topological polar surface area (TPSA) is 97.0 Å². The van der Waals surface area contributed by atoms with Crippen LogP contribution >= 0.6 is 0 Å². The Balaban J connectivity index is 1.49. The Morgan fingerprint density at radius 2 is 1.76 bits per heavy atom. The van der Waals surface area contributed by atoms with Crippen molar-refractivity contribution in [2.75, 3.05) is 6.61 Å². The quantitative estimate of drug-likeness (QED) is 0.460. The van der Waals surface area contributed by atoms with Gasteiger partial charge in [-0.3, -0.25) is 14.5 Å². The molecule has 2 amide bonds. The fourth-order valence-corrected chi connectivity index (χ4v) is 5.47. The second-order valence-corrected chi connectivity index (χ2v) is 9.98. The van der Waals surface area contributed by atoms with Crippen LogP contribution in [0.15, 0.2) is 83.9 Å². The van der Waals surface area contributed by atoms with E-state index >= 15 is 0 Å². The number of guanidine groups is 1. The van der Waals surface area contributed by atoms with E-state index < -0.39 is 11.6 Å². The minimum absolute atomic E-state index is 0.0660. The number of ether oxygens (including phenoxy) is 1. The molecule has 2 atom stereocenters. The van der Waals surface area contributed by atoms with Gasteiger partial charge in [-0.15, -0.1) is 0 Å². The SMILES string of the molecule is CCC1(CC)CC(=O)N([C@H](c2ccccc2)c2cccc(C(=O)N[C@H]3CCOc4ccccc43)c2)C(N)=N1. The average Bonchev–Trinajstić information content (AvgIpc) is 2.95. The van der Waals surface area contributed by atoms with Gasteiger partial charge in [-0.05, 0) is 42.2 Å². The summed E-state index contributed by atoms with van der Waals surface area (Å²) >= 11 is 0. The first-order chi connectivity index (χ1) is 18.4. The highest BCUT2D eigenvalue weighted by molar-refractivity contribution is 6.00. The predicted molar refractivity (Wildman–Crippen MR) is 148 cm³/mol. The largest absolute Gasteiger partial charge is 0.493 e. The van der Waals surface area contributed by atoms with Crippen molar-refractivity contribution in [1.29, 1.82) is 0 Å². The van der Waals surface area contributed by atoms with Crippen LogP contribution in [0.4, 0.5) is 0 Å². The van der Waals surface area contributed by atoms with Gasteiger partial charge >= 0.3 is 0 Å². The van der Waals surface area contributed by atoms with Crippen LogP contribution in [0.5, 0.6) is 5.75 Å². The lowest BCUT2D eigenvalue weighted by Crippen LogP contribution is -2.52. The molecule has 3 N–H and O–H groups in total. The van der Waals surface area contributed by atoms with E-state index in [4.69, 9.17) is 15.5 Å². The number of hydrogen-bond acceptors (Lipinski definition) is 5. The normalized spacial score (nSPS) is 19.1. The number of nitrogens with one attached hydrogen (secondary N) is 1. The molecule has 0 bridgehead atoms. The lowest BCUT2D eigenvalue weighted by atomic mass is 9.86. The Hall–Kier alpha value is -4.13. The number of benzene rings is 3. The number of rotatable bonds is 7. The van der Waals surface area contributed by atoms with E-state index in [0.717, 1.165) is 35.3 Å². The van der Waals surface area contributed by atoms with Crippen molar-refractivity contribution in [3.05, 3.63) is 101 Å². The highest BCUT2D eigenvalue weighted by Gasteiger charge is 2.41. The van der Waals surface area contributed by atoms with Crippen LogP contribution in [-0.2, 0) is 4.79 Å². The Kier molecular flexibility index (Phi) is 7.18. The van der Waals surface area contributed by atoms with Gasteiger partial charge < -0.3 is 15.8 Å². The third-order valence-electron chi connectivity index (χ3n) is 7.77. The first kappa shape index (κ1) is 25.5. The maximum absolute atomic E-state index is 13.6. The molecule has 0 radical (unpaired) electrons. The van der Waals surface area contributed by atoms with Gasteiger partial charge in [0.15, 0.2) is 5.96 Å². The van der Waals surface area contributed by atoms with Crippen molar-refractivity contribution in [3.8, 4) is 5.75 Å². The molecule has 3 aromatic rings. The number of amides is 2. The minimum atomic E-state index is -0.504. The molecule has 7 heteroatoms. The van der Waals surface area contributed by atoms with Crippen molar-refractivity contribution in [2.45, 2.75) is 57.2 Å². The van der Waals surface area contributed by atoms with Crippen molar-refractivity contribution >= 4 is 17.8 Å². The Labute approximate surface area is 223 Å². The number of aliphatic imine (C=N–C) groups is 1. The number of carbonyl (C=O) groups is 2. The monoisotopic (exact) mass is 510 g/mol. The molecule has 0 aliphatic carbocycles. The first-order valence-corrected chi connectivity index (χ1v) is 13.3. The second kappa shape index (κ2) is 10.7. The number of nitrogens with two attached hydrogens (primary N) is 1. The third kappa shape index (κ3) is 4.88. The number of nitrogens with zero attached hydrogens (tertiary/aromatic N) is 2. The number of fused-ring (bicyclic) bond motifs is 1. The van der Waals surface area contributed by atoms with Crippen LogP contribution < -0.4 is 15.8 Å². The molecule has 38 heavy (non-hydrogen) atoms. The summed E-state index contributed by atoms with van der Waals surface area (Å²) in [6.07, 6.45) is 2.48. The zero-order valence-corrected chi connectivity index (χ0v) is 21.9. The van der Waals surface area contributed by atoms with Gasteiger partial charge in [0.2, 0.25) is 5.91 Å². The number of hydrogen-bond donors (Lipinski definition) is 2. The van der Waals surface area contributed by atoms with E-state index in [-0.39, 0.29) is 23.8 Å². The molecule has 0 unspecified atom stereocenters. The molecular formula is C31H34N4O3. The maximum atomic E-state index is 13.6. The third-order valence-corrected chi connectivity index (χ3v) is 7.77. The highest BCUT2D eigenvalue weighted by Crippen LogP contribution is 2.37. The van der Waals surface area contributed by atoms with Crippen molar-refractivity contribution < 1.29 is 14.3 Å². The highest BCUT2D eigenvalue weighted by atomic mass is 16.5. The molecule has 0 saturated carbocycles. The van der Waals surface area contributed by atoms with Crippen molar-refractivity contribution in [2.24, 2.45) is 10.7 Å². The second-order valence-electron chi connectivity index (χ2n) is 9.98. The van der Waals surface area contributed by atoms with Crippen molar-refractivity contribution in [3.63, 3.8) is 0 Å². The summed E-state index contributed by atoms with van der Waals surface area (Å²) in [4.78, 5) is 33.4. The lowest BCUT2D eigenvalue weighted by Gasteiger charge is -2.40. The van der Waals surface area contributed by atoms with Gasteiger partial charge in [-0.2, -0.15) is 0 Å². The van der Waals surface area contributed by atoms with Crippen LogP contribution in [0.3, 0.4) is 0 Å². The van der Waals surface area contributed by atoms with Gasteiger partial charge in [0, 0.05) is 17.5 Å². The zero-order valence-electron chi connectivity index (χ0n) is 21.9. The first-order valence-electron chi connectivity index (χ1n) is 13.3. The molecule has 0 saturated heterocycles. The summed E-state index contributed by atoms with van der Waals surface area (Å²) < 4.78 is 5.75. The predicted octanol–water partition coefficient (Wildman–Crippen LogP) is 5.14. The Bertz CT molecular complexity index is 1350. The fourth-order valence-electron chi connectivity index (χ4n) is 5.47. The van der Waals surface area contributed by atoms with E-state index in [1.807, 2.05) is 86.6 Å². The average molecular weight is 511 g/mol. The Morgan fingerprint density at radius 3 is 2.50 bits per heavy atom. The van der Waals surface area contributed by atoms with E-state index in [1.165, 1.54) is 0 Å². The molecule has 0 spiro atoms. The maximum Gasteiger partial charge on any atom is 0.251 e. The molecule has 7 nitrogen and oxygen atoms in total. The van der Waals surface area contributed by atoms with E-state index in [2.05, 4.69) is 5.32 Å². The minimum Gasteiger partial charge on any atom is -0.493 e. The van der Waals surface area contributed by atoms with Crippen LogP contribution in [0.25, 0.3) is 0 Å². The van der Waals surface area contributed by atoms with Gasteiger partial charge in [-0.1, -0.05) is 74.5 Å². The van der Waals surface area contributed by atoms with Gasteiger partial charge in [-0.25, -0.2) is 4.99 Å². The standard InChI is InChI=1S/C31H34N4O3/c1-3-31(4-2)20-27(36)35(30(32)34-31)28(21-11-6-5-7-12-21)22-13-10-14-23(19-22)29(37)33-25-17-18-38-26-16-9-8-15-24(25)26/h5-16,19,25,28H,3-4,17-18,20H2,1-2H3,(H2,32,34)(H,33,37)/t25-,28+/m0/s1. The van der Waals surface area contributed by atoms with Crippen LogP contribution in [0.1, 0.15) is 78.7 Å². The van der Waals surface area contributed by atoms with Crippen LogP contribution in [0, 0.1) is 0 Å². The summed E-state index contributed by atoms with van der Waals surface area (Å²) in [6.45, 7) is 4.62. The molecule has 0 fully saturated rings. The summed E-state index contributed by atoms with van der Waals surface area (Å²) in [5.41, 5.74) is 9.22. The van der Waals surface area contributed by atoms with Crippen LogP contribution in [0.2, 0.25) is 0 Å². The van der Waals surface area contributed by atoms with Gasteiger partial charge in [0.1, 0.15) is 5.75 Å². The molecule has 2 aliphatic heterocycles. The smallest absolute Gasteiger partial charge is 0.251 e. The molecule has 2 aliphatic rings. The number of para-hydroxylation sites is 1. The van der Waals surface area contributed by atoms with Gasteiger partial charge in [0.05, 0.1) is 30.7 Å². The lowest BCUT2D eigenvalue weighted by molar-refractivity contribution is -0.131. The molecule has 2 heterocycles. The van der Waals surface area contributed by atoms with E-state index in [9.17, 15) is 9.59 Å². The molecule has 3 aromatic carbocycles. The number of carbonyl (C=O) groups excluding carboxylic acids is 2. The summed E-state index contributed by atoms with van der Waals surface area (Å²) in [6, 6.07) is 24.3. The summed E-state index contributed by atoms with van der Waals surface area (Å²) in [7, 11) is 0. The molecule has 5 rings (SSSR count).